The Morgan fingerprint density at radius 3 is 2.67 bits per heavy atom. The van der Waals surface area contributed by atoms with Crippen molar-refractivity contribution in [2.45, 2.75) is 12.7 Å². The van der Waals surface area contributed by atoms with Gasteiger partial charge in [-0.3, -0.25) is 4.68 Å². The van der Waals surface area contributed by atoms with Gasteiger partial charge >= 0.3 is 6.18 Å². The lowest BCUT2D eigenvalue weighted by Gasteiger charge is -2.09. The van der Waals surface area contributed by atoms with E-state index in [0.717, 1.165) is 4.57 Å². The molecule has 3 aromatic rings. The first-order valence-electron chi connectivity index (χ1n) is 6.02. The fraction of sp³-hybridized carbons (Fsp3) is 0.250. The average Bonchev–Trinajstić information content (AvgIpc) is 2.93. The van der Waals surface area contributed by atoms with E-state index in [2.05, 4.69) is 15.1 Å². The molecule has 0 aliphatic carbocycles. The van der Waals surface area contributed by atoms with Crippen molar-refractivity contribution in [3.63, 3.8) is 0 Å². The van der Waals surface area contributed by atoms with Crippen LogP contribution in [0.1, 0.15) is 11.6 Å². The minimum Gasteiger partial charge on any atom is -0.399 e. The summed E-state index contributed by atoms with van der Waals surface area (Å²) >= 11 is 0. The van der Waals surface area contributed by atoms with Gasteiger partial charge in [0.2, 0.25) is 5.82 Å². The van der Waals surface area contributed by atoms with Gasteiger partial charge in [-0.15, -0.1) is 0 Å². The molecule has 0 saturated carbocycles. The summed E-state index contributed by atoms with van der Waals surface area (Å²) in [7, 11) is 1.65. The highest BCUT2D eigenvalue weighted by molar-refractivity contribution is 5.79. The van der Waals surface area contributed by atoms with Crippen molar-refractivity contribution in [1.82, 2.24) is 24.3 Å². The summed E-state index contributed by atoms with van der Waals surface area (Å²) in [6.45, 7) is -0.115. The zero-order chi connectivity index (χ0) is 15.2. The van der Waals surface area contributed by atoms with Crippen LogP contribution in [-0.2, 0) is 19.8 Å². The summed E-state index contributed by atoms with van der Waals surface area (Å²) in [6.07, 6.45) is -3.14. The maximum Gasteiger partial charge on any atom is 0.449 e. The molecule has 3 rings (SSSR count). The highest BCUT2D eigenvalue weighted by Gasteiger charge is 2.37. The first-order chi connectivity index (χ1) is 9.84. The number of fused-ring (bicyclic) bond motifs is 1. The van der Waals surface area contributed by atoms with Gasteiger partial charge in [0.05, 0.1) is 17.6 Å². The second kappa shape index (κ2) is 4.47. The van der Waals surface area contributed by atoms with Crippen molar-refractivity contribution < 1.29 is 13.2 Å². The van der Waals surface area contributed by atoms with Crippen LogP contribution in [0.15, 0.2) is 24.5 Å². The fourth-order valence-corrected chi connectivity index (χ4v) is 2.12. The minimum absolute atomic E-state index is 0.115. The molecule has 0 fully saturated rings. The van der Waals surface area contributed by atoms with E-state index in [-0.39, 0.29) is 17.9 Å². The molecule has 0 amide bonds. The molecule has 0 unspecified atom stereocenters. The molecule has 6 nitrogen and oxygen atoms in total. The molecule has 2 heterocycles. The molecular weight excluding hydrogens is 285 g/mol. The zero-order valence-corrected chi connectivity index (χ0v) is 11.0. The number of nitrogen functional groups attached to an aromatic ring is 1. The fourth-order valence-electron chi connectivity index (χ4n) is 2.12. The number of benzene rings is 1. The third kappa shape index (κ3) is 2.41. The number of hydrogen-bond donors (Lipinski definition) is 1. The monoisotopic (exact) mass is 296 g/mol. The Balaban J connectivity index is 2.17. The summed E-state index contributed by atoms with van der Waals surface area (Å²) in [4.78, 5) is 7.59. The Labute approximate surface area is 117 Å². The maximum atomic E-state index is 13.1. The van der Waals surface area contributed by atoms with Gasteiger partial charge < -0.3 is 10.3 Å². The summed E-state index contributed by atoms with van der Waals surface area (Å²) in [5.74, 6) is -0.713. The van der Waals surface area contributed by atoms with Gasteiger partial charge in [0, 0.05) is 12.7 Å². The second-order valence-corrected chi connectivity index (χ2v) is 4.60. The predicted molar refractivity (Wildman–Crippen MR) is 69.3 cm³/mol. The van der Waals surface area contributed by atoms with Crippen molar-refractivity contribution >= 4 is 16.7 Å². The molecule has 0 radical (unpaired) electrons. The van der Waals surface area contributed by atoms with Crippen LogP contribution in [0.25, 0.3) is 11.0 Å². The number of rotatable bonds is 2. The molecule has 1 aromatic carbocycles. The van der Waals surface area contributed by atoms with E-state index in [0.29, 0.717) is 11.2 Å². The second-order valence-electron chi connectivity index (χ2n) is 4.60. The van der Waals surface area contributed by atoms with E-state index >= 15 is 0 Å². The number of alkyl halides is 3. The summed E-state index contributed by atoms with van der Waals surface area (Å²) in [5.41, 5.74) is 6.48. The lowest BCUT2D eigenvalue weighted by atomic mass is 10.3. The van der Waals surface area contributed by atoms with Crippen LogP contribution in [0.4, 0.5) is 18.9 Å². The van der Waals surface area contributed by atoms with Gasteiger partial charge in [-0.2, -0.15) is 18.3 Å². The van der Waals surface area contributed by atoms with E-state index in [9.17, 15) is 13.2 Å². The molecule has 0 saturated heterocycles. The molecule has 21 heavy (non-hydrogen) atoms. The molecule has 0 aliphatic rings. The van der Waals surface area contributed by atoms with Crippen molar-refractivity contribution in [3.8, 4) is 0 Å². The minimum atomic E-state index is -4.57. The number of anilines is 1. The Morgan fingerprint density at radius 1 is 1.29 bits per heavy atom. The van der Waals surface area contributed by atoms with Gasteiger partial charge in [-0.1, -0.05) is 0 Å². The van der Waals surface area contributed by atoms with Crippen molar-refractivity contribution in [2.24, 2.45) is 7.05 Å². The molecule has 2 aromatic heterocycles. The van der Waals surface area contributed by atoms with Crippen molar-refractivity contribution in [1.29, 1.82) is 0 Å². The van der Waals surface area contributed by atoms with Crippen molar-refractivity contribution in [2.75, 3.05) is 5.73 Å². The van der Waals surface area contributed by atoms with Gasteiger partial charge in [0.1, 0.15) is 6.33 Å². The van der Waals surface area contributed by atoms with Gasteiger partial charge in [-0.05, 0) is 18.2 Å². The van der Waals surface area contributed by atoms with Crippen LogP contribution in [0.3, 0.4) is 0 Å². The van der Waals surface area contributed by atoms with Crippen LogP contribution < -0.4 is 5.73 Å². The topological polar surface area (TPSA) is 74.5 Å². The Bertz CT molecular complexity index is 801. The molecular formula is C12H11F3N6. The van der Waals surface area contributed by atoms with E-state index in [1.54, 1.807) is 7.05 Å². The van der Waals surface area contributed by atoms with Gasteiger partial charge in [0.25, 0.3) is 0 Å². The third-order valence-corrected chi connectivity index (χ3v) is 2.97. The summed E-state index contributed by atoms with van der Waals surface area (Å²) in [5, 5.41) is 4.00. The zero-order valence-electron chi connectivity index (χ0n) is 11.0. The number of halogens is 3. The van der Waals surface area contributed by atoms with Crippen LogP contribution in [-0.4, -0.2) is 24.3 Å². The lowest BCUT2D eigenvalue weighted by molar-refractivity contribution is -0.146. The van der Waals surface area contributed by atoms with E-state index < -0.39 is 12.0 Å². The number of hydrogen-bond acceptors (Lipinski definition) is 4. The molecule has 0 bridgehead atoms. The van der Waals surface area contributed by atoms with Crippen molar-refractivity contribution in [3.05, 3.63) is 36.2 Å². The Morgan fingerprint density at radius 2 is 2.05 bits per heavy atom. The SMILES string of the molecule is Cn1cnc(Cn2c(C(F)(F)F)nc3cc(N)ccc32)n1. The number of aromatic nitrogens is 5. The first-order valence-corrected chi connectivity index (χ1v) is 6.02. The third-order valence-electron chi connectivity index (χ3n) is 2.97. The number of nitrogens with two attached hydrogens (primary N) is 1. The molecule has 9 heteroatoms. The summed E-state index contributed by atoms with van der Waals surface area (Å²) in [6, 6.07) is 4.45. The maximum absolute atomic E-state index is 13.1. The number of aryl methyl sites for hydroxylation is 1. The highest BCUT2D eigenvalue weighted by atomic mass is 19.4. The van der Waals surface area contributed by atoms with Crippen LogP contribution >= 0.6 is 0 Å². The molecule has 0 atom stereocenters. The van der Waals surface area contributed by atoms with Gasteiger partial charge in [0.15, 0.2) is 5.82 Å². The van der Waals surface area contributed by atoms with E-state index in [4.69, 9.17) is 5.73 Å². The molecule has 0 aliphatic heterocycles. The molecule has 110 valence electrons. The number of nitrogens with zero attached hydrogens (tertiary/aromatic N) is 5. The Hall–Kier alpha value is -2.58. The lowest BCUT2D eigenvalue weighted by Crippen LogP contribution is -2.16. The van der Waals surface area contributed by atoms with E-state index in [1.807, 2.05) is 0 Å². The standard InChI is InChI=1S/C12H11F3N6/c1-20-6-17-10(19-20)5-21-9-3-2-7(16)4-8(9)18-11(21)12(13,14)15/h2-4,6H,5,16H2,1H3. The average molecular weight is 296 g/mol. The van der Waals surface area contributed by atoms with Crippen LogP contribution in [0.5, 0.6) is 0 Å². The Kier molecular flexibility index (Phi) is 2.85. The molecule has 0 spiro atoms. The number of imidazole rings is 1. The summed E-state index contributed by atoms with van der Waals surface area (Å²) < 4.78 is 41.9. The smallest absolute Gasteiger partial charge is 0.399 e. The van der Waals surface area contributed by atoms with Gasteiger partial charge in [-0.25, -0.2) is 9.97 Å². The van der Waals surface area contributed by atoms with Crippen LogP contribution in [0, 0.1) is 0 Å². The quantitative estimate of drug-likeness (QED) is 0.732. The largest absolute Gasteiger partial charge is 0.449 e. The highest BCUT2D eigenvalue weighted by Crippen LogP contribution is 2.32. The normalized spacial score (nSPS) is 12.2. The van der Waals surface area contributed by atoms with Crippen LogP contribution in [0.2, 0.25) is 0 Å². The predicted octanol–water partition coefficient (Wildman–Crippen LogP) is 1.81. The van der Waals surface area contributed by atoms with E-state index in [1.165, 1.54) is 29.2 Å². The molecule has 2 N–H and O–H groups in total. The first kappa shape index (κ1) is 13.4.